The van der Waals surface area contributed by atoms with Crippen LogP contribution in [0.25, 0.3) is 11.6 Å². The standard InChI is InChI=1S/C17H20ClN5O3/c1-10(15(25)23-6-4-17(2-3-17)5-7-23)19-16-22-21-14(26-16)12-8-11(18)9-13(24)20-12/h8-10H,2-7H2,1H3,(H,19,22)(H,20,24)/t10-/m1/s1. The molecule has 2 aliphatic rings. The van der Waals surface area contributed by atoms with E-state index >= 15 is 0 Å². The van der Waals surface area contributed by atoms with E-state index in [0.717, 1.165) is 25.9 Å². The number of likely N-dealkylation sites (tertiary alicyclic amines) is 1. The highest BCUT2D eigenvalue weighted by Gasteiger charge is 2.45. The Kier molecular flexibility index (Phi) is 4.22. The highest BCUT2D eigenvalue weighted by Crippen LogP contribution is 2.53. The summed E-state index contributed by atoms with van der Waals surface area (Å²) >= 11 is 5.87. The van der Waals surface area contributed by atoms with Crippen molar-refractivity contribution in [2.45, 2.75) is 38.6 Å². The monoisotopic (exact) mass is 377 g/mol. The van der Waals surface area contributed by atoms with Crippen LogP contribution < -0.4 is 10.9 Å². The zero-order chi connectivity index (χ0) is 18.3. The van der Waals surface area contributed by atoms with E-state index in [4.69, 9.17) is 16.0 Å². The van der Waals surface area contributed by atoms with Gasteiger partial charge in [-0.15, -0.1) is 5.10 Å². The van der Waals surface area contributed by atoms with Crippen LogP contribution in [0.1, 0.15) is 32.6 Å². The molecule has 26 heavy (non-hydrogen) atoms. The molecular weight excluding hydrogens is 358 g/mol. The lowest BCUT2D eigenvalue weighted by atomic mass is 9.93. The van der Waals surface area contributed by atoms with Gasteiger partial charge in [-0.2, -0.15) is 0 Å². The van der Waals surface area contributed by atoms with Gasteiger partial charge in [0.15, 0.2) is 0 Å². The lowest BCUT2D eigenvalue weighted by Crippen LogP contribution is -2.45. The Hall–Kier alpha value is -2.35. The first-order valence-electron chi connectivity index (χ1n) is 8.73. The number of halogens is 1. The molecule has 138 valence electrons. The first-order chi connectivity index (χ1) is 12.4. The second-order valence-electron chi connectivity index (χ2n) is 7.18. The van der Waals surface area contributed by atoms with Gasteiger partial charge >= 0.3 is 6.01 Å². The van der Waals surface area contributed by atoms with E-state index in [1.807, 2.05) is 4.90 Å². The summed E-state index contributed by atoms with van der Waals surface area (Å²) < 4.78 is 5.50. The van der Waals surface area contributed by atoms with Gasteiger partial charge in [-0.05, 0) is 44.1 Å². The number of hydrogen-bond donors (Lipinski definition) is 2. The van der Waals surface area contributed by atoms with E-state index in [0.29, 0.717) is 11.1 Å². The van der Waals surface area contributed by atoms with Crippen LogP contribution >= 0.6 is 11.6 Å². The molecule has 1 aliphatic carbocycles. The van der Waals surface area contributed by atoms with Crippen LogP contribution in [-0.4, -0.2) is 45.1 Å². The van der Waals surface area contributed by atoms with Gasteiger partial charge < -0.3 is 19.6 Å². The third-order valence-electron chi connectivity index (χ3n) is 5.27. The van der Waals surface area contributed by atoms with Crippen molar-refractivity contribution in [3.05, 3.63) is 27.5 Å². The highest BCUT2D eigenvalue weighted by atomic mass is 35.5. The average molecular weight is 378 g/mol. The van der Waals surface area contributed by atoms with E-state index in [2.05, 4.69) is 20.5 Å². The fraction of sp³-hybridized carbons (Fsp3) is 0.529. The Bertz CT molecular complexity index is 879. The van der Waals surface area contributed by atoms with Gasteiger partial charge in [0, 0.05) is 24.2 Å². The lowest BCUT2D eigenvalue weighted by molar-refractivity contribution is -0.133. The molecule has 8 nitrogen and oxygen atoms in total. The minimum Gasteiger partial charge on any atom is -0.402 e. The molecule has 3 heterocycles. The van der Waals surface area contributed by atoms with Crippen molar-refractivity contribution in [2.24, 2.45) is 5.41 Å². The summed E-state index contributed by atoms with van der Waals surface area (Å²) in [6, 6.07) is 2.43. The summed E-state index contributed by atoms with van der Waals surface area (Å²) in [5.41, 5.74) is 0.498. The van der Waals surface area contributed by atoms with Crippen LogP contribution in [0.4, 0.5) is 6.01 Å². The van der Waals surface area contributed by atoms with E-state index < -0.39 is 6.04 Å². The molecule has 2 fully saturated rings. The van der Waals surface area contributed by atoms with Crippen molar-refractivity contribution >= 4 is 23.5 Å². The second kappa shape index (κ2) is 6.42. The number of piperidine rings is 1. The van der Waals surface area contributed by atoms with Crippen LogP contribution in [0.2, 0.25) is 5.02 Å². The zero-order valence-corrected chi connectivity index (χ0v) is 15.2. The lowest BCUT2D eigenvalue weighted by Gasteiger charge is -2.33. The van der Waals surface area contributed by atoms with Gasteiger partial charge in [0.25, 0.3) is 5.89 Å². The van der Waals surface area contributed by atoms with Crippen LogP contribution in [0.5, 0.6) is 0 Å². The molecule has 0 bridgehead atoms. The number of pyridine rings is 1. The quantitative estimate of drug-likeness (QED) is 0.847. The maximum absolute atomic E-state index is 12.6. The van der Waals surface area contributed by atoms with Crippen molar-refractivity contribution < 1.29 is 9.21 Å². The maximum Gasteiger partial charge on any atom is 0.316 e. The molecule has 1 saturated heterocycles. The molecule has 0 unspecified atom stereocenters. The van der Waals surface area contributed by atoms with E-state index in [-0.39, 0.29) is 28.4 Å². The second-order valence-corrected chi connectivity index (χ2v) is 7.62. The molecule has 9 heteroatoms. The molecule has 0 radical (unpaired) electrons. The van der Waals surface area contributed by atoms with Crippen molar-refractivity contribution in [1.29, 1.82) is 0 Å². The van der Waals surface area contributed by atoms with Gasteiger partial charge in [-0.1, -0.05) is 16.7 Å². The van der Waals surface area contributed by atoms with Gasteiger partial charge in [-0.3, -0.25) is 9.59 Å². The SMILES string of the molecule is C[C@@H](Nc1nnc(-c2cc(Cl)cc(=O)[nH]2)o1)C(=O)N1CCC2(CC1)CC2. The molecule has 0 aromatic carbocycles. The Morgan fingerprint density at radius 2 is 2.04 bits per heavy atom. The summed E-state index contributed by atoms with van der Waals surface area (Å²) in [5, 5.41) is 11.0. The molecule has 2 aromatic heterocycles. The molecular formula is C17H20ClN5O3. The normalized spacial score (nSPS) is 19.4. The number of nitrogens with zero attached hydrogens (tertiary/aromatic N) is 3. The Labute approximate surface area is 154 Å². The van der Waals surface area contributed by atoms with E-state index in [1.54, 1.807) is 6.92 Å². The van der Waals surface area contributed by atoms with Crippen molar-refractivity contribution in [3.63, 3.8) is 0 Å². The van der Waals surface area contributed by atoms with Crippen LogP contribution in [0.15, 0.2) is 21.3 Å². The van der Waals surface area contributed by atoms with Crippen LogP contribution in [-0.2, 0) is 4.79 Å². The largest absolute Gasteiger partial charge is 0.402 e. The number of nitrogens with one attached hydrogen (secondary N) is 2. The number of hydrogen-bond acceptors (Lipinski definition) is 6. The number of H-pyrrole nitrogens is 1. The van der Waals surface area contributed by atoms with Crippen LogP contribution in [0, 0.1) is 5.41 Å². The molecule has 2 aromatic rings. The number of aromatic amines is 1. The van der Waals surface area contributed by atoms with Crippen molar-refractivity contribution in [1.82, 2.24) is 20.1 Å². The number of rotatable bonds is 4. The summed E-state index contributed by atoms with van der Waals surface area (Å²) in [6.45, 7) is 3.39. The fourth-order valence-corrected chi connectivity index (χ4v) is 3.62. The van der Waals surface area contributed by atoms with Gasteiger partial charge in [0.2, 0.25) is 11.5 Å². The first kappa shape index (κ1) is 17.1. The number of aromatic nitrogens is 3. The van der Waals surface area contributed by atoms with Gasteiger partial charge in [-0.25, -0.2) is 0 Å². The predicted molar refractivity (Wildman–Crippen MR) is 95.9 cm³/mol. The summed E-state index contributed by atoms with van der Waals surface area (Å²) in [7, 11) is 0. The summed E-state index contributed by atoms with van der Waals surface area (Å²) in [4.78, 5) is 28.6. The van der Waals surface area contributed by atoms with Crippen molar-refractivity contribution in [3.8, 4) is 11.6 Å². The van der Waals surface area contributed by atoms with Crippen LogP contribution in [0.3, 0.4) is 0 Å². The molecule has 1 amide bonds. The fourth-order valence-electron chi connectivity index (χ4n) is 3.41. The zero-order valence-electron chi connectivity index (χ0n) is 14.4. The number of carbonyl (C=O) groups excluding carboxylic acids is 1. The van der Waals surface area contributed by atoms with Crippen molar-refractivity contribution in [2.75, 3.05) is 18.4 Å². The Balaban J connectivity index is 1.40. The molecule has 1 saturated carbocycles. The van der Waals surface area contributed by atoms with Gasteiger partial charge in [0.05, 0.1) is 0 Å². The molecule has 4 rings (SSSR count). The molecule has 1 atom stereocenters. The smallest absolute Gasteiger partial charge is 0.316 e. The number of anilines is 1. The Morgan fingerprint density at radius 3 is 2.69 bits per heavy atom. The highest BCUT2D eigenvalue weighted by molar-refractivity contribution is 6.30. The number of amides is 1. The molecule has 1 aliphatic heterocycles. The average Bonchev–Trinajstić information content (AvgIpc) is 3.19. The summed E-state index contributed by atoms with van der Waals surface area (Å²) in [6.07, 6.45) is 4.80. The van der Waals surface area contributed by atoms with Gasteiger partial charge in [0.1, 0.15) is 11.7 Å². The molecule has 1 spiro atoms. The topological polar surface area (TPSA) is 104 Å². The first-order valence-corrected chi connectivity index (χ1v) is 9.11. The minimum atomic E-state index is -0.477. The molecule has 2 N–H and O–H groups in total. The van der Waals surface area contributed by atoms with E-state index in [9.17, 15) is 9.59 Å². The maximum atomic E-state index is 12.6. The Morgan fingerprint density at radius 1 is 1.31 bits per heavy atom. The van der Waals surface area contributed by atoms with E-state index in [1.165, 1.54) is 25.0 Å². The number of carbonyl (C=O) groups is 1. The predicted octanol–water partition coefficient (Wildman–Crippen LogP) is 2.28. The minimum absolute atomic E-state index is 0.0245. The third-order valence-corrected chi connectivity index (χ3v) is 5.49. The summed E-state index contributed by atoms with van der Waals surface area (Å²) in [5.74, 6) is 0.150. The third kappa shape index (κ3) is 3.46.